The van der Waals surface area contributed by atoms with E-state index in [2.05, 4.69) is 20.2 Å². The molecule has 0 amide bonds. The van der Waals surface area contributed by atoms with Crippen LogP contribution in [-0.2, 0) is 13.2 Å². The van der Waals surface area contributed by atoms with Crippen molar-refractivity contribution in [3.63, 3.8) is 0 Å². The molecule has 0 spiro atoms. The smallest absolute Gasteiger partial charge is 0.337 e. The first-order valence-corrected chi connectivity index (χ1v) is 9.95. The lowest BCUT2D eigenvalue weighted by Crippen LogP contribution is -2.06. The molecule has 3 aromatic carbocycles. The molecular weight excluding hydrogens is 431 g/mol. The van der Waals surface area contributed by atoms with Gasteiger partial charge in [0.2, 0.25) is 0 Å². The second-order valence-electron chi connectivity index (χ2n) is 7.56. The van der Waals surface area contributed by atoms with Gasteiger partial charge >= 0.3 is 6.18 Å². The van der Waals surface area contributed by atoms with Crippen molar-refractivity contribution in [1.29, 1.82) is 0 Å². The van der Waals surface area contributed by atoms with Crippen LogP contribution in [0, 0.1) is 0 Å². The fraction of sp³-hybridized carbons (Fsp3) is 0.0833. The minimum Gasteiger partial charge on any atom is -0.337 e. The van der Waals surface area contributed by atoms with Crippen molar-refractivity contribution in [3.8, 4) is 33.9 Å². The topological polar surface area (TPSA) is 76.5 Å². The van der Waals surface area contributed by atoms with Crippen LogP contribution in [0.3, 0.4) is 0 Å². The van der Waals surface area contributed by atoms with Crippen molar-refractivity contribution in [2.24, 2.45) is 7.05 Å². The number of aromatic amines is 1. The summed E-state index contributed by atoms with van der Waals surface area (Å²) in [4.78, 5) is 18.3. The number of halogens is 3. The van der Waals surface area contributed by atoms with Crippen molar-refractivity contribution in [2.45, 2.75) is 6.18 Å². The molecule has 0 aliphatic carbocycles. The average Bonchev–Trinajstić information content (AvgIpc) is 3.43. The third-order valence-corrected chi connectivity index (χ3v) is 5.38. The standard InChI is InChI=1S/C24H16F3N5O/c1-32-13-28-31-23(32)18-8-3-2-7-17(18)15-5-4-6-16(11-15)22-29-20-10-14(12-33)9-19(21(20)30-22)24(25,26)27/h2-13H,1H3,(H,29,30). The molecule has 0 saturated heterocycles. The lowest BCUT2D eigenvalue weighted by atomic mass is 9.97. The molecular formula is C24H16F3N5O. The number of nitrogens with zero attached hydrogens (tertiary/aromatic N) is 4. The summed E-state index contributed by atoms with van der Waals surface area (Å²) in [5, 5.41) is 8.14. The zero-order valence-electron chi connectivity index (χ0n) is 17.3. The number of carbonyl (C=O) groups excluding carboxylic acids is 1. The first kappa shape index (κ1) is 20.6. The zero-order chi connectivity index (χ0) is 23.2. The summed E-state index contributed by atoms with van der Waals surface area (Å²) in [6.45, 7) is 0. The number of alkyl halides is 3. The predicted octanol–water partition coefficient (Wildman–Crippen LogP) is 5.52. The molecule has 9 heteroatoms. The molecule has 0 saturated carbocycles. The highest BCUT2D eigenvalue weighted by molar-refractivity contribution is 5.90. The Hall–Kier alpha value is -4.27. The number of fused-ring (bicyclic) bond motifs is 1. The van der Waals surface area contributed by atoms with Crippen LogP contribution in [0.25, 0.3) is 44.9 Å². The molecule has 0 unspecified atom stereocenters. The van der Waals surface area contributed by atoms with Gasteiger partial charge in [-0.2, -0.15) is 13.2 Å². The first-order chi connectivity index (χ1) is 15.8. The van der Waals surface area contributed by atoms with E-state index in [1.54, 1.807) is 12.4 Å². The lowest BCUT2D eigenvalue weighted by Gasteiger charge is -2.10. The fourth-order valence-corrected chi connectivity index (χ4v) is 3.85. The lowest BCUT2D eigenvalue weighted by molar-refractivity contribution is -0.136. The molecule has 0 fully saturated rings. The summed E-state index contributed by atoms with van der Waals surface area (Å²) in [7, 11) is 1.85. The molecule has 0 bridgehead atoms. The molecule has 0 radical (unpaired) electrons. The maximum Gasteiger partial charge on any atom is 0.418 e. The summed E-state index contributed by atoms with van der Waals surface area (Å²) < 4.78 is 42.5. The van der Waals surface area contributed by atoms with Gasteiger partial charge in [0.15, 0.2) is 5.82 Å². The van der Waals surface area contributed by atoms with Gasteiger partial charge in [0.1, 0.15) is 18.4 Å². The SMILES string of the molecule is Cn1cnnc1-c1ccccc1-c1cccc(-c2nc3cc(C=O)cc(C(F)(F)F)c3[nH]2)c1. The van der Waals surface area contributed by atoms with Crippen molar-refractivity contribution < 1.29 is 18.0 Å². The number of nitrogens with one attached hydrogen (secondary N) is 1. The van der Waals surface area contributed by atoms with Gasteiger partial charge < -0.3 is 9.55 Å². The third kappa shape index (κ3) is 3.67. The number of aromatic nitrogens is 5. The van der Waals surface area contributed by atoms with E-state index in [4.69, 9.17) is 0 Å². The number of imidazole rings is 1. The Bertz CT molecular complexity index is 1500. The van der Waals surface area contributed by atoms with Crippen LogP contribution in [0.2, 0.25) is 0 Å². The molecule has 0 atom stereocenters. The minimum atomic E-state index is -4.63. The van der Waals surface area contributed by atoms with Crippen molar-refractivity contribution in [2.75, 3.05) is 0 Å². The van der Waals surface area contributed by atoms with E-state index in [0.29, 0.717) is 17.7 Å². The molecule has 0 aliphatic rings. The zero-order valence-corrected chi connectivity index (χ0v) is 17.3. The van der Waals surface area contributed by atoms with Crippen molar-refractivity contribution in [1.82, 2.24) is 24.7 Å². The van der Waals surface area contributed by atoms with Gasteiger partial charge in [-0.15, -0.1) is 10.2 Å². The Balaban J connectivity index is 1.65. The van der Waals surface area contributed by atoms with Gasteiger partial charge in [-0.05, 0) is 29.3 Å². The molecule has 1 N–H and O–H groups in total. The van der Waals surface area contributed by atoms with Gasteiger partial charge in [0.25, 0.3) is 0 Å². The average molecular weight is 447 g/mol. The van der Waals surface area contributed by atoms with Crippen molar-refractivity contribution >= 4 is 17.3 Å². The molecule has 2 aromatic heterocycles. The van der Waals surface area contributed by atoms with E-state index in [1.165, 1.54) is 6.07 Å². The summed E-state index contributed by atoms with van der Waals surface area (Å²) in [6, 6.07) is 17.2. The second kappa shape index (κ2) is 7.70. The molecule has 5 rings (SSSR count). The fourth-order valence-electron chi connectivity index (χ4n) is 3.85. The Kier molecular flexibility index (Phi) is 4.81. The molecule has 6 nitrogen and oxygen atoms in total. The maximum atomic E-state index is 13.6. The monoisotopic (exact) mass is 447 g/mol. The Morgan fingerprint density at radius 2 is 1.73 bits per heavy atom. The quantitative estimate of drug-likeness (QED) is 0.368. The minimum absolute atomic E-state index is 0.0758. The van der Waals surface area contributed by atoms with Gasteiger partial charge in [0.05, 0.1) is 16.6 Å². The summed E-state index contributed by atoms with van der Waals surface area (Å²) in [5.41, 5.74) is 2.12. The predicted molar refractivity (Wildman–Crippen MR) is 117 cm³/mol. The number of benzene rings is 3. The first-order valence-electron chi connectivity index (χ1n) is 9.95. The van der Waals surface area contributed by atoms with Crippen LogP contribution < -0.4 is 0 Å². The van der Waals surface area contributed by atoms with Gasteiger partial charge in [-0.3, -0.25) is 4.79 Å². The summed E-state index contributed by atoms with van der Waals surface area (Å²) >= 11 is 0. The van der Waals surface area contributed by atoms with Gasteiger partial charge in [0, 0.05) is 23.7 Å². The van der Waals surface area contributed by atoms with Crippen molar-refractivity contribution in [3.05, 3.63) is 78.1 Å². The van der Waals surface area contributed by atoms with Crippen LogP contribution in [0.1, 0.15) is 15.9 Å². The van der Waals surface area contributed by atoms with Gasteiger partial charge in [-0.25, -0.2) is 4.98 Å². The van der Waals surface area contributed by atoms with Crippen LogP contribution in [0.4, 0.5) is 13.2 Å². The Morgan fingerprint density at radius 1 is 0.970 bits per heavy atom. The van der Waals surface area contributed by atoms with E-state index in [-0.39, 0.29) is 22.4 Å². The maximum absolute atomic E-state index is 13.6. The molecule has 5 aromatic rings. The van der Waals surface area contributed by atoms with E-state index in [9.17, 15) is 18.0 Å². The third-order valence-electron chi connectivity index (χ3n) is 5.38. The van der Waals surface area contributed by atoms with E-state index >= 15 is 0 Å². The molecule has 164 valence electrons. The number of aryl methyl sites for hydroxylation is 1. The van der Waals surface area contributed by atoms with Crippen LogP contribution in [0.5, 0.6) is 0 Å². The van der Waals surface area contributed by atoms with Crippen LogP contribution >= 0.6 is 0 Å². The van der Waals surface area contributed by atoms with Gasteiger partial charge in [-0.1, -0.05) is 42.5 Å². The Morgan fingerprint density at radius 3 is 2.42 bits per heavy atom. The molecule has 0 aliphatic heterocycles. The summed E-state index contributed by atoms with van der Waals surface area (Å²) in [5.74, 6) is 0.965. The highest BCUT2D eigenvalue weighted by Crippen LogP contribution is 2.37. The number of aldehydes is 1. The normalized spacial score (nSPS) is 11.8. The number of carbonyl (C=O) groups is 1. The van der Waals surface area contributed by atoms with E-state index in [1.807, 2.05) is 54.1 Å². The number of hydrogen-bond donors (Lipinski definition) is 1. The largest absolute Gasteiger partial charge is 0.418 e. The molecule has 33 heavy (non-hydrogen) atoms. The number of rotatable bonds is 4. The van der Waals surface area contributed by atoms with Crippen LogP contribution in [0.15, 0.2) is 67.0 Å². The number of hydrogen-bond acceptors (Lipinski definition) is 4. The molecule has 2 heterocycles. The van der Waals surface area contributed by atoms with E-state index in [0.717, 1.165) is 22.8 Å². The second-order valence-corrected chi connectivity index (χ2v) is 7.56. The highest BCUT2D eigenvalue weighted by Gasteiger charge is 2.34. The van der Waals surface area contributed by atoms with E-state index < -0.39 is 11.7 Å². The Labute approximate surface area is 185 Å². The highest BCUT2D eigenvalue weighted by atomic mass is 19.4. The van der Waals surface area contributed by atoms with Crippen LogP contribution in [-0.4, -0.2) is 31.0 Å². The summed E-state index contributed by atoms with van der Waals surface area (Å²) in [6.07, 6.45) is -2.63. The number of H-pyrrole nitrogens is 1.